The summed E-state index contributed by atoms with van der Waals surface area (Å²) in [6.45, 7) is 11.9. The number of nitrogens with zero attached hydrogens (tertiary/aromatic N) is 3. The molecule has 0 saturated carbocycles. The van der Waals surface area contributed by atoms with Crippen LogP contribution in [0.2, 0.25) is 0 Å². The Morgan fingerprint density at radius 1 is 0.902 bits per heavy atom. The molecule has 0 radical (unpaired) electrons. The minimum absolute atomic E-state index is 0.0479. The van der Waals surface area contributed by atoms with Gasteiger partial charge in [-0.1, -0.05) is 24.3 Å². The van der Waals surface area contributed by atoms with Gasteiger partial charge in [-0.2, -0.15) is 0 Å². The Morgan fingerprint density at radius 3 is 2.43 bits per heavy atom. The Morgan fingerprint density at radius 2 is 1.67 bits per heavy atom. The van der Waals surface area contributed by atoms with E-state index in [-0.39, 0.29) is 73.6 Å². The molecular formula is C45H54N8O8. The maximum atomic E-state index is 13.7. The van der Waals surface area contributed by atoms with Crippen LogP contribution in [0.15, 0.2) is 53.3 Å². The molecule has 2 atom stereocenters. The second-order valence-corrected chi connectivity index (χ2v) is 16.2. The molecular weight excluding hydrogens is 781 g/mol. The molecule has 322 valence electrons. The largest absolute Gasteiger partial charge is 0.382 e. The lowest BCUT2D eigenvalue weighted by Crippen LogP contribution is -2.54. The normalized spacial score (nSPS) is 17.7. The molecule has 2 unspecified atom stereocenters. The molecule has 3 aliphatic heterocycles. The van der Waals surface area contributed by atoms with E-state index in [1.807, 2.05) is 45.0 Å². The number of ether oxygens (including phenoxy) is 1. The van der Waals surface area contributed by atoms with E-state index >= 15 is 0 Å². The highest BCUT2D eigenvalue weighted by Crippen LogP contribution is 2.36. The topological polar surface area (TPSA) is 204 Å². The van der Waals surface area contributed by atoms with Gasteiger partial charge >= 0.3 is 0 Å². The zero-order valence-electron chi connectivity index (χ0n) is 35.2. The number of fused-ring (bicyclic) bond motifs is 2. The smallest absolute Gasteiger partial charge is 0.264 e. The van der Waals surface area contributed by atoms with Crippen LogP contribution < -0.4 is 26.8 Å². The third kappa shape index (κ3) is 9.15. The highest BCUT2D eigenvalue weighted by atomic mass is 16.5. The Balaban J connectivity index is 0.818. The van der Waals surface area contributed by atoms with E-state index in [9.17, 15) is 33.6 Å². The molecule has 6 amide bonds. The van der Waals surface area contributed by atoms with Crippen LogP contribution >= 0.6 is 0 Å². The van der Waals surface area contributed by atoms with Gasteiger partial charge in [0.25, 0.3) is 23.3 Å². The molecule has 5 N–H and O–H groups in total. The van der Waals surface area contributed by atoms with Gasteiger partial charge in [-0.05, 0) is 95.8 Å². The number of hydrogen-bond acceptors (Lipinski definition) is 10. The number of anilines is 1. The van der Waals surface area contributed by atoms with E-state index in [4.69, 9.17) is 4.74 Å². The number of carbonyl (C=O) groups excluding carboxylic acids is 6. The number of para-hydroxylation sites is 1. The number of aryl methyl sites for hydroxylation is 2. The second-order valence-electron chi connectivity index (χ2n) is 16.2. The summed E-state index contributed by atoms with van der Waals surface area (Å²) in [4.78, 5) is 95.3. The zero-order valence-corrected chi connectivity index (χ0v) is 35.2. The van der Waals surface area contributed by atoms with Crippen molar-refractivity contribution in [1.82, 2.24) is 35.3 Å². The fourth-order valence-corrected chi connectivity index (χ4v) is 9.06. The minimum Gasteiger partial charge on any atom is -0.382 e. The molecule has 3 aliphatic rings. The molecule has 7 rings (SSSR count). The molecule has 16 nitrogen and oxygen atoms in total. The first-order chi connectivity index (χ1) is 29.3. The van der Waals surface area contributed by atoms with E-state index < -0.39 is 29.7 Å². The van der Waals surface area contributed by atoms with Crippen molar-refractivity contribution >= 4 is 52.0 Å². The molecule has 0 spiro atoms. The third-order valence-corrected chi connectivity index (χ3v) is 12.3. The summed E-state index contributed by atoms with van der Waals surface area (Å²) in [7, 11) is 0. The average molecular weight is 835 g/mol. The van der Waals surface area contributed by atoms with Crippen molar-refractivity contribution in [2.24, 2.45) is 5.92 Å². The Kier molecular flexibility index (Phi) is 13.1. The molecule has 61 heavy (non-hydrogen) atoms. The summed E-state index contributed by atoms with van der Waals surface area (Å²) in [5.41, 5.74) is 5.35. The first-order valence-corrected chi connectivity index (χ1v) is 21.1. The van der Waals surface area contributed by atoms with Gasteiger partial charge in [0.15, 0.2) is 0 Å². The number of benzene rings is 2. The standard InChI is InChI=1S/C45H54N8O8/c1-26-24-27(2)49-41(56)33(26)25-48-43(58)39-29(4)52(35-11-6-5-8-31(35)39)28(3)30-14-19-51(20-15-30)21-17-47-37(54)16-22-61-23-18-46-34-10-7-9-32-40(34)45(60)53(44(32)59)36-12-13-38(55)50-42(36)57/h5-11,24,28,30,36,46H,12-23,25H2,1-4H3,(H,47,54)(H,48,58)(H,49,56)(H,50,55,57). The van der Waals surface area contributed by atoms with E-state index in [2.05, 4.69) is 48.7 Å². The van der Waals surface area contributed by atoms with E-state index in [0.29, 0.717) is 35.8 Å². The van der Waals surface area contributed by atoms with Crippen molar-refractivity contribution in [1.29, 1.82) is 0 Å². The number of pyridine rings is 1. The molecule has 0 bridgehead atoms. The van der Waals surface area contributed by atoms with Crippen LogP contribution in [0.25, 0.3) is 10.9 Å². The molecule has 2 aromatic heterocycles. The number of piperidine rings is 2. The van der Waals surface area contributed by atoms with Gasteiger partial charge in [0.05, 0.1) is 29.9 Å². The Labute approximate surface area is 353 Å². The summed E-state index contributed by atoms with van der Waals surface area (Å²) in [5, 5.41) is 12.2. The number of amides is 6. The highest BCUT2D eigenvalue weighted by molar-refractivity contribution is 6.25. The number of hydrogen-bond donors (Lipinski definition) is 5. The maximum Gasteiger partial charge on any atom is 0.264 e. The maximum absolute atomic E-state index is 13.7. The first kappa shape index (κ1) is 43.0. The number of aromatic nitrogens is 2. The molecule has 2 aromatic carbocycles. The number of imide groups is 2. The predicted octanol–water partition coefficient (Wildman–Crippen LogP) is 3.49. The average Bonchev–Trinajstić information content (AvgIpc) is 3.67. The molecule has 5 heterocycles. The lowest BCUT2D eigenvalue weighted by atomic mass is 9.90. The van der Waals surface area contributed by atoms with Crippen molar-refractivity contribution < 1.29 is 33.5 Å². The lowest BCUT2D eigenvalue weighted by Gasteiger charge is -2.36. The van der Waals surface area contributed by atoms with Crippen LogP contribution in [0.1, 0.15) is 98.7 Å². The SMILES string of the molecule is Cc1cc(C)c(CNC(=O)c2c(C)n(C(C)C3CCN(CCNC(=O)CCOCCNc4cccc5c4C(=O)N(C4CCC(=O)NC4=O)C5=O)CC3)c3ccccc23)c(=O)[nH]1. The van der Waals surface area contributed by atoms with Crippen LogP contribution in [0.4, 0.5) is 5.69 Å². The highest BCUT2D eigenvalue weighted by Gasteiger charge is 2.45. The van der Waals surface area contributed by atoms with Crippen LogP contribution in [0.3, 0.4) is 0 Å². The number of aromatic amines is 1. The monoisotopic (exact) mass is 834 g/mol. The van der Waals surface area contributed by atoms with E-state index in [1.165, 1.54) is 0 Å². The molecule has 4 aromatic rings. The van der Waals surface area contributed by atoms with E-state index in [1.54, 1.807) is 18.2 Å². The third-order valence-electron chi connectivity index (χ3n) is 12.3. The molecule has 0 aliphatic carbocycles. The van der Waals surface area contributed by atoms with Gasteiger partial charge in [0.1, 0.15) is 6.04 Å². The molecule has 2 saturated heterocycles. The van der Waals surface area contributed by atoms with Gasteiger partial charge in [-0.25, -0.2) is 0 Å². The number of rotatable bonds is 16. The van der Waals surface area contributed by atoms with Crippen molar-refractivity contribution in [3.63, 3.8) is 0 Å². The molecule has 2 fully saturated rings. The summed E-state index contributed by atoms with van der Waals surface area (Å²) in [6, 6.07) is 13.9. The Hall–Kier alpha value is -6.13. The second kappa shape index (κ2) is 18.6. The van der Waals surface area contributed by atoms with Gasteiger partial charge in [0, 0.05) is 78.6 Å². The van der Waals surface area contributed by atoms with Crippen molar-refractivity contribution in [2.75, 3.05) is 51.3 Å². The first-order valence-electron chi connectivity index (χ1n) is 21.1. The van der Waals surface area contributed by atoms with Gasteiger partial charge in [-0.15, -0.1) is 0 Å². The van der Waals surface area contributed by atoms with Crippen molar-refractivity contribution in [3.8, 4) is 0 Å². The fraction of sp³-hybridized carbons (Fsp3) is 0.444. The number of carbonyl (C=O) groups is 6. The summed E-state index contributed by atoms with van der Waals surface area (Å²) < 4.78 is 7.97. The van der Waals surface area contributed by atoms with Crippen molar-refractivity contribution in [2.45, 2.75) is 78.4 Å². The fourth-order valence-electron chi connectivity index (χ4n) is 9.06. The molecule has 16 heteroatoms. The number of nitrogens with one attached hydrogen (secondary N) is 5. The summed E-state index contributed by atoms with van der Waals surface area (Å²) in [5.74, 6) is -2.15. The summed E-state index contributed by atoms with van der Waals surface area (Å²) >= 11 is 0. The van der Waals surface area contributed by atoms with Crippen molar-refractivity contribution in [3.05, 3.63) is 98.1 Å². The predicted molar refractivity (Wildman–Crippen MR) is 228 cm³/mol. The van der Waals surface area contributed by atoms with Gasteiger partial charge in [-0.3, -0.25) is 43.8 Å². The van der Waals surface area contributed by atoms with Crippen LogP contribution in [-0.2, 0) is 25.7 Å². The van der Waals surface area contributed by atoms with E-state index in [0.717, 1.165) is 65.2 Å². The Bertz CT molecular complexity index is 2430. The van der Waals surface area contributed by atoms with Gasteiger partial charge < -0.3 is 35.1 Å². The minimum atomic E-state index is -1.04. The van der Waals surface area contributed by atoms with Crippen LogP contribution in [-0.4, -0.2) is 107 Å². The van der Waals surface area contributed by atoms with Crippen LogP contribution in [0, 0.1) is 26.7 Å². The number of H-pyrrole nitrogens is 1. The zero-order chi connectivity index (χ0) is 43.4. The lowest BCUT2D eigenvalue weighted by molar-refractivity contribution is -0.136. The quantitative estimate of drug-likeness (QED) is 0.0822. The van der Waals surface area contributed by atoms with Crippen LogP contribution in [0.5, 0.6) is 0 Å². The van der Waals surface area contributed by atoms with Gasteiger partial charge in [0.2, 0.25) is 17.7 Å². The number of likely N-dealkylation sites (tertiary alicyclic amines) is 1. The summed E-state index contributed by atoms with van der Waals surface area (Å²) in [6.07, 6.45) is 2.29.